The Kier molecular flexibility index (Phi) is 6.41. The fourth-order valence-electron chi connectivity index (χ4n) is 1.60. The zero-order valence-electron chi connectivity index (χ0n) is 11.3. The lowest BCUT2D eigenvalue weighted by molar-refractivity contribution is -0.118. The summed E-state index contributed by atoms with van der Waals surface area (Å²) in [7, 11) is 0. The number of hydrogen-bond acceptors (Lipinski definition) is 2. The summed E-state index contributed by atoms with van der Waals surface area (Å²) < 4.78 is 5.77. The van der Waals surface area contributed by atoms with Gasteiger partial charge in [-0.2, -0.15) is 0 Å². The summed E-state index contributed by atoms with van der Waals surface area (Å²) in [6.45, 7) is 6.04. The molecule has 0 fully saturated rings. The predicted octanol–water partition coefficient (Wildman–Crippen LogP) is 4.15. The number of rotatable bonds is 7. The van der Waals surface area contributed by atoms with Gasteiger partial charge in [-0.25, -0.2) is 0 Å². The van der Waals surface area contributed by atoms with Gasteiger partial charge in [0.05, 0.1) is 10.9 Å². The van der Waals surface area contributed by atoms with Crippen molar-refractivity contribution in [1.82, 2.24) is 0 Å². The van der Waals surface area contributed by atoms with Crippen LogP contribution < -0.4 is 4.74 Å². The van der Waals surface area contributed by atoms with Gasteiger partial charge < -0.3 is 4.74 Å². The zero-order valence-corrected chi connectivity index (χ0v) is 12.9. The highest BCUT2D eigenvalue weighted by atomic mass is 79.9. The number of carbonyl (C=O) groups excluding carboxylic acids is 1. The second-order valence-electron chi connectivity index (χ2n) is 4.48. The van der Waals surface area contributed by atoms with Crippen molar-refractivity contribution < 1.29 is 9.53 Å². The maximum atomic E-state index is 11.5. The van der Waals surface area contributed by atoms with Crippen molar-refractivity contribution in [3.8, 4) is 5.75 Å². The van der Waals surface area contributed by atoms with Gasteiger partial charge >= 0.3 is 0 Å². The third-order valence-electron chi connectivity index (χ3n) is 2.92. The summed E-state index contributed by atoms with van der Waals surface area (Å²) >= 11 is 3.44. The van der Waals surface area contributed by atoms with Gasteiger partial charge in [-0.05, 0) is 37.5 Å². The molecule has 18 heavy (non-hydrogen) atoms. The molecule has 0 aliphatic rings. The minimum atomic E-state index is -0.0960. The molecular formula is C15H21BrO2. The molecule has 1 aromatic carbocycles. The van der Waals surface area contributed by atoms with Gasteiger partial charge in [0.25, 0.3) is 0 Å². The quantitative estimate of drug-likeness (QED) is 0.707. The highest BCUT2D eigenvalue weighted by Gasteiger charge is 2.13. The molecule has 0 amide bonds. The number of ether oxygens (including phenoxy) is 1. The van der Waals surface area contributed by atoms with Crippen molar-refractivity contribution in [2.75, 3.05) is 0 Å². The zero-order chi connectivity index (χ0) is 13.5. The maximum absolute atomic E-state index is 11.5. The van der Waals surface area contributed by atoms with E-state index in [0.29, 0.717) is 12.8 Å². The lowest BCUT2D eigenvalue weighted by Crippen LogP contribution is -2.15. The average molecular weight is 313 g/mol. The van der Waals surface area contributed by atoms with Gasteiger partial charge in [0.15, 0.2) is 0 Å². The molecule has 1 aromatic rings. The van der Waals surface area contributed by atoms with Crippen LogP contribution in [0.4, 0.5) is 0 Å². The standard InChI is InChI=1S/C15H21BrO2/c1-4-11(3)18-13-8-6-7-12(9-13)10-14(16)15(17)5-2/h6-9,11,14H,4-5,10H2,1-3H3. The van der Waals surface area contributed by atoms with Crippen molar-refractivity contribution >= 4 is 21.7 Å². The summed E-state index contributed by atoms with van der Waals surface area (Å²) in [5, 5.41) is 0. The molecule has 3 heteroatoms. The Balaban J connectivity index is 2.67. The molecule has 0 heterocycles. The number of Topliss-reactive ketones (excluding diaryl/α,β-unsaturated/α-hetero) is 1. The fraction of sp³-hybridized carbons (Fsp3) is 0.533. The average Bonchev–Trinajstić information content (AvgIpc) is 2.37. The molecule has 0 spiro atoms. The van der Waals surface area contributed by atoms with Crippen molar-refractivity contribution in [3.05, 3.63) is 29.8 Å². The van der Waals surface area contributed by atoms with Crippen molar-refractivity contribution in [2.24, 2.45) is 0 Å². The molecule has 0 saturated heterocycles. The lowest BCUT2D eigenvalue weighted by Gasteiger charge is -2.14. The molecule has 0 bridgehead atoms. The molecule has 0 saturated carbocycles. The van der Waals surface area contributed by atoms with Crippen LogP contribution in [0, 0.1) is 0 Å². The van der Waals surface area contributed by atoms with E-state index in [4.69, 9.17) is 4.74 Å². The van der Waals surface area contributed by atoms with Crippen LogP contribution in [0.5, 0.6) is 5.75 Å². The smallest absolute Gasteiger partial charge is 0.146 e. The molecule has 100 valence electrons. The minimum absolute atomic E-state index is 0.0960. The van der Waals surface area contributed by atoms with Crippen molar-refractivity contribution in [1.29, 1.82) is 0 Å². The summed E-state index contributed by atoms with van der Waals surface area (Å²) in [5.74, 6) is 1.12. The largest absolute Gasteiger partial charge is 0.491 e. The number of halogens is 1. The summed E-state index contributed by atoms with van der Waals surface area (Å²) in [4.78, 5) is 11.5. The summed E-state index contributed by atoms with van der Waals surface area (Å²) in [6, 6.07) is 7.98. The van der Waals surface area contributed by atoms with E-state index >= 15 is 0 Å². The van der Waals surface area contributed by atoms with Crippen LogP contribution in [0.1, 0.15) is 39.2 Å². The van der Waals surface area contributed by atoms with E-state index in [9.17, 15) is 4.79 Å². The van der Waals surface area contributed by atoms with E-state index in [1.165, 1.54) is 0 Å². The minimum Gasteiger partial charge on any atom is -0.491 e. The first-order chi connectivity index (χ1) is 8.56. The Bertz CT molecular complexity index is 390. The first kappa shape index (κ1) is 15.2. The Hall–Kier alpha value is -0.830. The number of hydrogen-bond donors (Lipinski definition) is 0. The predicted molar refractivity (Wildman–Crippen MR) is 78.5 cm³/mol. The van der Waals surface area contributed by atoms with E-state index in [1.54, 1.807) is 0 Å². The number of carbonyl (C=O) groups is 1. The van der Waals surface area contributed by atoms with Crippen LogP contribution in [0.2, 0.25) is 0 Å². The number of benzene rings is 1. The van der Waals surface area contributed by atoms with Gasteiger partial charge in [0.1, 0.15) is 11.5 Å². The van der Waals surface area contributed by atoms with Crippen molar-refractivity contribution in [2.45, 2.75) is 51.0 Å². The molecule has 2 unspecified atom stereocenters. The van der Waals surface area contributed by atoms with Gasteiger partial charge in [0, 0.05) is 6.42 Å². The van der Waals surface area contributed by atoms with Gasteiger partial charge in [-0.15, -0.1) is 0 Å². The fourth-order valence-corrected chi connectivity index (χ4v) is 2.30. The van der Waals surface area contributed by atoms with Crippen molar-refractivity contribution in [3.63, 3.8) is 0 Å². The molecule has 0 aliphatic heterocycles. The molecule has 0 N–H and O–H groups in total. The van der Waals surface area contributed by atoms with Crippen LogP contribution in [0.3, 0.4) is 0 Å². The topological polar surface area (TPSA) is 26.3 Å². The van der Waals surface area contributed by atoms with Crippen LogP contribution in [-0.2, 0) is 11.2 Å². The highest BCUT2D eigenvalue weighted by molar-refractivity contribution is 9.10. The van der Waals surface area contributed by atoms with E-state index in [2.05, 4.69) is 29.8 Å². The second kappa shape index (κ2) is 7.57. The second-order valence-corrected chi connectivity index (χ2v) is 5.58. The first-order valence-electron chi connectivity index (χ1n) is 6.49. The van der Waals surface area contributed by atoms with E-state index in [1.807, 2.05) is 31.2 Å². The van der Waals surface area contributed by atoms with E-state index < -0.39 is 0 Å². The Morgan fingerprint density at radius 1 is 1.39 bits per heavy atom. The molecular weight excluding hydrogens is 292 g/mol. The third-order valence-corrected chi connectivity index (χ3v) is 3.76. The molecule has 2 atom stereocenters. The monoisotopic (exact) mass is 312 g/mol. The Labute approximate surface area is 118 Å². The van der Waals surface area contributed by atoms with Crippen LogP contribution in [-0.4, -0.2) is 16.7 Å². The molecule has 0 aromatic heterocycles. The van der Waals surface area contributed by atoms with E-state index in [-0.39, 0.29) is 16.7 Å². The SMILES string of the molecule is CCC(=O)C(Br)Cc1cccc(OC(C)CC)c1. The third kappa shape index (κ3) is 4.81. The normalized spacial score (nSPS) is 14.0. The maximum Gasteiger partial charge on any atom is 0.146 e. The number of alkyl halides is 1. The summed E-state index contributed by atoms with van der Waals surface area (Å²) in [6.07, 6.45) is 2.49. The molecule has 1 rings (SSSR count). The molecule has 0 aliphatic carbocycles. The van der Waals surface area contributed by atoms with Gasteiger partial charge in [0.2, 0.25) is 0 Å². The van der Waals surface area contributed by atoms with Gasteiger partial charge in [-0.3, -0.25) is 4.79 Å². The number of ketones is 1. The van der Waals surface area contributed by atoms with Crippen LogP contribution >= 0.6 is 15.9 Å². The first-order valence-corrected chi connectivity index (χ1v) is 7.40. The molecule has 0 radical (unpaired) electrons. The van der Waals surface area contributed by atoms with Crippen LogP contribution in [0.25, 0.3) is 0 Å². The lowest BCUT2D eigenvalue weighted by atomic mass is 10.1. The molecule has 2 nitrogen and oxygen atoms in total. The Morgan fingerprint density at radius 2 is 2.11 bits per heavy atom. The van der Waals surface area contributed by atoms with E-state index in [0.717, 1.165) is 17.7 Å². The Morgan fingerprint density at radius 3 is 2.72 bits per heavy atom. The van der Waals surface area contributed by atoms with Crippen LogP contribution in [0.15, 0.2) is 24.3 Å². The summed E-state index contributed by atoms with van der Waals surface area (Å²) in [5.41, 5.74) is 1.12. The highest BCUT2D eigenvalue weighted by Crippen LogP contribution is 2.19. The van der Waals surface area contributed by atoms with Gasteiger partial charge in [-0.1, -0.05) is 41.9 Å².